The zero-order chi connectivity index (χ0) is 20.4. The summed E-state index contributed by atoms with van der Waals surface area (Å²) < 4.78 is 7.17. The Hall–Kier alpha value is -1.85. The van der Waals surface area contributed by atoms with Crippen LogP contribution in [0.25, 0.3) is 0 Å². The molecule has 0 saturated carbocycles. The van der Waals surface area contributed by atoms with Crippen LogP contribution in [0.5, 0.6) is 0 Å². The van der Waals surface area contributed by atoms with Crippen molar-refractivity contribution in [3.63, 3.8) is 0 Å². The van der Waals surface area contributed by atoms with Gasteiger partial charge in [-0.25, -0.2) is 4.79 Å². The zero-order valence-electron chi connectivity index (χ0n) is 16.7. The number of rotatable bonds is 5. The second-order valence-electron chi connectivity index (χ2n) is 8.24. The predicted octanol–water partition coefficient (Wildman–Crippen LogP) is 5.80. The molecule has 2 aromatic rings. The third-order valence-corrected chi connectivity index (χ3v) is 5.86. The van der Waals surface area contributed by atoms with Crippen LogP contribution in [0.4, 0.5) is 4.79 Å². The van der Waals surface area contributed by atoms with E-state index in [1.54, 1.807) is 18.7 Å². The van der Waals surface area contributed by atoms with E-state index in [0.717, 1.165) is 22.0 Å². The second kappa shape index (κ2) is 8.26. The van der Waals surface area contributed by atoms with Gasteiger partial charge in [-0.2, -0.15) is 0 Å². The molecule has 1 aliphatic heterocycles. The Morgan fingerprint density at radius 3 is 2.43 bits per heavy atom. The van der Waals surface area contributed by atoms with E-state index in [4.69, 9.17) is 4.74 Å². The van der Waals surface area contributed by atoms with Crippen molar-refractivity contribution in [3.8, 4) is 0 Å². The summed E-state index contributed by atoms with van der Waals surface area (Å²) >= 11 is 3.45. The molecular weight excluding hydrogens is 418 g/mol. The minimum Gasteiger partial charge on any atom is -0.438 e. The van der Waals surface area contributed by atoms with E-state index in [2.05, 4.69) is 15.9 Å². The standard InChI is InChI=1S/C23H28BrNO3/c1-17(18-10-12-20(24)13-11-18)25-15-7-14-23(28-21(25)26,16-22(2,3)27)19-8-5-4-6-9-19/h4-6,8-13,17,27H,7,14-16H2,1-3H3/t17-,23?/m0/s1. The lowest BCUT2D eigenvalue weighted by molar-refractivity contribution is -0.0663. The van der Waals surface area contributed by atoms with E-state index in [1.165, 1.54) is 0 Å². The third-order valence-electron chi connectivity index (χ3n) is 5.33. The van der Waals surface area contributed by atoms with Crippen molar-refractivity contribution in [1.82, 2.24) is 4.90 Å². The van der Waals surface area contributed by atoms with Crippen molar-refractivity contribution in [2.24, 2.45) is 0 Å². The molecule has 2 aromatic carbocycles. The summed E-state index contributed by atoms with van der Waals surface area (Å²) in [4.78, 5) is 15.0. The monoisotopic (exact) mass is 445 g/mol. The molecule has 0 aromatic heterocycles. The molecule has 1 amide bonds. The van der Waals surface area contributed by atoms with Crippen LogP contribution in [0.15, 0.2) is 59.1 Å². The summed E-state index contributed by atoms with van der Waals surface area (Å²) in [5.41, 5.74) is 0.214. The summed E-state index contributed by atoms with van der Waals surface area (Å²) in [6, 6.07) is 17.7. The number of hydrogen-bond acceptors (Lipinski definition) is 3. The molecule has 1 fully saturated rings. The first-order valence-corrected chi connectivity index (χ1v) is 10.5. The summed E-state index contributed by atoms with van der Waals surface area (Å²) in [7, 11) is 0. The minimum atomic E-state index is -0.956. The number of nitrogens with zero attached hydrogens (tertiary/aromatic N) is 1. The highest BCUT2D eigenvalue weighted by molar-refractivity contribution is 9.10. The van der Waals surface area contributed by atoms with Gasteiger partial charge in [0.25, 0.3) is 0 Å². The number of amides is 1. The number of cyclic esters (lactones) is 1. The smallest absolute Gasteiger partial charge is 0.411 e. The van der Waals surface area contributed by atoms with Crippen LogP contribution in [0.2, 0.25) is 0 Å². The van der Waals surface area contributed by atoms with Gasteiger partial charge in [0.05, 0.1) is 11.6 Å². The van der Waals surface area contributed by atoms with Gasteiger partial charge in [-0.05, 0) is 56.9 Å². The van der Waals surface area contributed by atoms with E-state index in [9.17, 15) is 9.90 Å². The number of ether oxygens (including phenoxy) is 1. The maximum atomic E-state index is 13.2. The minimum absolute atomic E-state index is 0.0886. The Bertz CT molecular complexity index is 801. The number of halogens is 1. The summed E-state index contributed by atoms with van der Waals surface area (Å²) in [5, 5.41) is 10.5. The summed E-state index contributed by atoms with van der Waals surface area (Å²) in [6.45, 7) is 6.17. The lowest BCUT2D eigenvalue weighted by Crippen LogP contribution is -2.41. The number of aliphatic hydroxyl groups is 1. The largest absolute Gasteiger partial charge is 0.438 e. The average Bonchev–Trinajstić information content (AvgIpc) is 2.80. The molecule has 3 rings (SSSR count). The van der Waals surface area contributed by atoms with Crippen molar-refractivity contribution >= 4 is 22.0 Å². The topological polar surface area (TPSA) is 49.8 Å². The quantitative estimate of drug-likeness (QED) is 0.632. The van der Waals surface area contributed by atoms with Gasteiger partial charge >= 0.3 is 6.09 Å². The fourth-order valence-corrected chi connectivity index (χ4v) is 4.31. The Balaban J connectivity index is 1.90. The van der Waals surface area contributed by atoms with E-state index in [1.807, 2.05) is 61.5 Å². The molecule has 28 heavy (non-hydrogen) atoms. The molecule has 1 heterocycles. The van der Waals surface area contributed by atoms with Crippen LogP contribution in [0, 0.1) is 0 Å². The molecule has 1 saturated heterocycles. The fourth-order valence-electron chi connectivity index (χ4n) is 4.05. The lowest BCUT2D eigenvalue weighted by atomic mass is 9.80. The first-order chi connectivity index (χ1) is 13.2. The predicted molar refractivity (Wildman–Crippen MR) is 114 cm³/mol. The van der Waals surface area contributed by atoms with E-state index >= 15 is 0 Å². The van der Waals surface area contributed by atoms with E-state index in [0.29, 0.717) is 19.4 Å². The molecule has 4 nitrogen and oxygen atoms in total. The van der Waals surface area contributed by atoms with Crippen LogP contribution < -0.4 is 0 Å². The van der Waals surface area contributed by atoms with Crippen molar-refractivity contribution in [2.75, 3.05) is 6.54 Å². The van der Waals surface area contributed by atoms with Gasteiger partial charge < -0.3 is 14.7 Å². The number of benzene rings is 2. The lowest BCUT2D eigenvalue weighted by Gasteiger charge is -2.37. The van der Waals surface area contributed by atoms with Gasteiger partial charge in [0.2, 0.25) is 0 Å². The highest BCUT2D eigenvalue weighted by Gasteiger charge is 2.44. The first kappa shape index (κ1) is 20.9. The highest BCUT2D eigenvalue weighted by Crippen LogP contribution is 2.41. The van der Waals surface area contributed by atoms with Crippen LogP contribution in [0.3, 0.4) is 0 Å². The third kappa shape index (κ3) is 4.76. The van der Waals surface area contributed by atoms with Gasteiger partial charge in [0.15, 0.2) is 0 Å². The molecule has 0 aliphatic carbocycles. The Morgan fingerprint density at radius 2 is 1.82 bits per heavy atom. The maximum absolute atomic E-state index is 13.2. The highest BCUT2D eigenvalue weighted by atomic mass is 79.9. The molecule has 150 valence electrons. The van der Waals surface area contributed by atoms with Crippen LogP contribution in [-0.2, 0) is 10.3 Å². The van der Waals surface area contributed by atoms with Crippen molar-refractivity contribution in [3.05, 3.63) is 70.2 Å². The maximum Gasteiger partial charge on any atom is 0.411 e. The van der Waals surface area contributed by atoms with Gasteiger partial charge in [-0.3, -0.25) is 0 Å². The van der Waals surface area contributed by atoms with Gasteiger partial charge in [0, 0.05) is 17.4 Å². The second-order valence-corrected chi connectivity index (χ2v) is 9.16. The van der Waals surface area contributed by atoms with E-state index < -0.39 is 11.2 Å². The molecule has 1 unspecified atom stereocenters. The number of hydrogen-bond donors (Lipinski definition) is 1. The normalized spacial score (nSPS) is 21.8. The molecule has 0 bridgehead atoms. The average molecular weight is 446 g/mol. The fraction of sp³-hybridized carbons (Fsp3) is 0.435. The van der Waals surface area contributed by atoms with Crippen LogP contribution >= 0.6 is 15.9 Å². The molecule has 2 atom stereocenters. The Labute approximate surface area is 175 Å². The number of carbonyl (C=O) groups excluding carboxylic acids is 1. The van der Waals surface area contributed by atoms with Crippen molar-refractivity contribution in [2.45, 2.75) is 57.3 Å². The number of carbonyl (C=O) groups is 1. The van der Waals surface area contributed by atoms with Crippen molar-refractivity contribution in [1.29, 1.82) is 0 Å². The molecule has 1 N–H and O–H groups in total. The van der Waals surface area contributed by atoms with Gasteiger partial charge in [0.1, 0.15) is 5.60 Å². The SMILES string of the molecule is C[C@@H](c1ccc(Br)cc1)N1CCCC(CC(C)(C)O)(c2ccccc2)OC1=O. The Kier molecular flexibility index (Phi) is 6.15. The summed E-state index contributed by atoms with van der Waals surface area (Å²) in [5.74, 6) is 0. The molecule has 5 heteroatoms. The van der Waals surface area contributed by atoms with Gasteiger partial charge in [-0.15, -0.1) is 0 Å². The Morgan fingerprint density at radius 1 is 1.18 bits per heavy atom. The summed E-state index contributed by atoms with van der Waals surface area (Å²) in [6.07, 6.45) is 1.51. The zero-order valence-corrected chi connectivity index (χ0v) is 18.3. The van der Waals surface area contributed by atoms with Gasteiger partial charge in [-0.1, -0.05) is 58.4 Å². The van der Waals surface area contributed by atoms with Crippen molar-refractivity contribution < 1.29 is 14.6 Å². The molecule has 0 radical (unpaired) electrons. The van der Waals surface area contributed by atoms with Crippen LogP contribution in [0.1, 0.15) is 57.2 Å². The molecular formula is C23H28BrNO3. The molecule has 0 spiro atoms. The van der Waals surface area contributed by atoms with E-state index in [-0.39, 0.29) is 12.1 Å². The first-order valence-electron chi connectivity index (χ1n) is 9.73. The van der Waals surface area contributed by atoms with Crippen LogP contribution in [-0.4, -0.2) is 28.2 Å². The molecule has 1 aliphatic rings.